The van der Waals surface area contributed by atoms with Gasteiger partial charge in [-0.2, -0.15) is 0 Å². The second-order valence-corrected chi connectivity index (χ2v) is 8.69. The third-order valence-corrected chi connectivity index (χ3v) is 5.97. The molecule has 2 aromatic carbocycles. The number of nitrogens with one attached hydrogen (secondary N) is 1. The third kappa shape index (κ3) is 5.86. The number of nitrogen functional groups attached to an aromatic ring is 1. The van der Waals surface area contributed by atoms with Crippen molar-refractivity contribution in [3.8, 4) is 5.75 Å². The number of fused-ring (bicyclic) bond motifs is 1. The fraction of sp³-hybridized carbons (Fsp3) is 0.320. The highest BCUT2D eigenvalue weighted by Gasteiger charge is 2.29. The number of rotatable bonds is 7. The Morgan fingerprint density at radius 2 is 1.94 bits per heavy atom. The van der Waals surface area contributed by atoms with Gasteiger partial charge in [0.1, 0.15) is 29.0 Å². The number of hydrogen-bond donors (Lipinski definition) is 3. The Morgan fingerprint density at radius 3 is 2.57 bits per heavy atom. The van der Waals surface area contributed by atoms with Crippen LogP contribution < -0.4 is 10.5 Å². The number of halogens is 1. The summed E-state index contributed by atoms with van der Waals surface area (Å²) in [5, 5.41) is 18.2. The summed E-state index contributed by atoms with van der Waals surface area (Å²) in [5.41, 5.74) is 7.39. The van der Waals surface area contributed by atoms with Crippen molar-refractivity contribution in [2.24, 2.45) is 5.73 Å². The molecule has 1 unspecified atom stereocenters. The van der Waals surface area contributed by atoms with Gasteiger partial charge in [0.15, 0.2) is 0 Å². The number of amides is 2. The SMILES string of the molecule is CN(C)C(=O)N1CC[C@H](Oc2ccc(C(Cc3cc4cc(C(=N)N)ccc4o3)C(=O)O)cc2)C1.Cl. The van der Waals surface area contributed by atoms with Crippen LogP contribution in [0.2, 0.25) is 0 Å². The molecule has 9 nitrogen and oxygen atoms in total. The molecular weight excluding hydrogens is 472 g/mol. The Kier molecular flexibility index (Phi) is 7.91. The zero-order valence-electron chi connectivity index (χ0n) is 19.6. The van der Waals surface area contributed by atoms with E-state index in [0.29, 0.717) is 41.3 Å². The number of likely N-dealkylation sites (tertiary alicyclic amines) is 1. The Bertz CT molecular complexity index is 1220. The van der Waals surface area contributed by atoms with Gasteiger partial charge in [-0.1, -0.05) is 12.1 Å². The lowest BCUT2D eigenvalue weighted by molar-refractivity contribution is -0.138. The smallest absolute Gasteiger partial charge is 0.319 e. The first-order valence-electron chi connectivity index (χ1n) is 11.0. The van der Waals surface area contributed by atoms with Crippen LogP contribution >= 0.6 is 12.4 Å². The zero-order chi connectivity index (χ0) is 24.4. The molecule has 1 aliphatic heterocycles. The van der Waals surface area contributed by atoms with Crippen molar-refractivity contribution in [2.75, 3.05) is 27.2 Å². The number of ether oxygens (including phenoxy) is 1. The molecule has 0 aliphatic carbocycles. The largest absolute Gasteiger partial charge is 0.489 e. The molecule has 1 saturated heterocycles. The summed E-state index contributed by atoms with van der Waals surface area (Å²) in [6, 6.07) is 14.0. The number of nitrogens with two attached hydrogens (primary N) is 1. The van der Waals surface area contributed by atoms with Gasteiger partial charge in [0, 0.05) is 44.4 Å². The number of carbonyl (C=O) groups is 2. The molecular formula is C25H29ClN4O5. The number of urea groups is 1. The summed E-state index contributed by atoms with van der Waals surface area (Å²) in [5.74, 6) is -0.601. The molecule has 35 heavy (non-hydrogen) atoms. The van der Waals surface area contributed by atoms with Crippen molar-refractivity contribution in [2.45, 2.75) is 24.9 Å². The van der Waals surface area contributed by atoms with E-state index in [0.717, 1.165) is 11.8 Å². The highest BCUT2D eigenvalue weighted by atomic mass is 35.5. The van der Waals surface area contributed by atoms with Crippen LogP contribution in [0.1, 0.15) is 29.2 Å². The fourth-order valence-corrected chi connectivity index (χ4v) is 4.17. The predicted octanol–water partition coefficient (Wildman–Crippen LogP) is 3.68. The van der Waals surface area contributed by atoms with Crippen LogP contribution in [-0.4, -0.2) is 66.0 Å². The Hall–Kier alpha value is -3.72. The van der Waals surface area contributed by atoms with Crippen molar-refractivity contribution in [3.63, 3.8) is 0 Å². The third-order valence-electron chi connectivity index (χ3n) is 5.97. The molecule has 1 aliphatic rings. The topological polar surface area (TPSA) is 133 Å². The molecule has 2 heterocycles. The lowest BCUT2D eigenvalue weighted by Gasteiger charge is -2.21. The van der Waals surface area contributed by atoms with E-state index in [9.17, 15) is 14.7 Å². The highest BCUT2D eigenvalue weighted by Crippen LogP contribution is 2.28. The molecule has 3 aromatic rings. The summed E-state index contributed by atoms with van der Waals surface area (Å²) in [6.45, 7) is 1.17. The lowest BCUT2D eigenvalue weighted by atomic mass is 9.94. The van der Waals surface area contributed by atoms with E-state index in [1.54, 1.807) is 72.4 Å². The molecule has 0 saturated carbocycles. The number of carboxylic acids is 1. The molecule has 4 rings (SSSR count). The fourth-order valence-electron chi connectivity index (χ4n) is 4.17. The molecule has 2 atom stereocenters. The van der Waals surface area contributed by atoms with E-state index in [4.69, 9.17) is 20.3 Å². The molecule has 1 fully saturated rings. The van der Waals surface area contributed by atoms with Crippen LogP contribution in [0, 0.1) is 5.41 Å². The molecule has 10 heteroatoms. The van der Waals surface area contributed by atoms with Gasteiger partial charge < -0.3 is 29.8 Å². The van der Waals surface area contributed by atoms with Gasteiger partial charge in [-0.15, -0.1) is 12.4 Å². The number of nitrogens with zero attached hydrogens (tertiary/aromatic N) is 2. The maximum atomic E-state index is 12.1. The van der Waals surface area contributed by atoms with E-state index in [1.807, 2.05) is 0 Å². The van der Waals surface area contributed by atoms with Crippen molar-refractivity contribution in [1.29, 1.82) is 5.41 Å². The van der Waals surface area contributed by atoms with E-state index in [-0.39, 0.29) is 36.8 Å². The van der Waals surface area contributed by atoms with Gasteiger partial charge in [-0.3, -0.25) is 10.2 Å². The first-order chi connectivity index (χ1) is 16.2. The molecule has 186 valence electrons. The molecule has 2 amide bonds. The first kappa shape index (κ1) is 25.9. The minimum atomic E-state index is -0.952. The second kappa shape index (κ2) is 10.7. The van der Waals surface area contributed by atoms with E-state index >= 15 is 0 Å². The van der Waals surface area contributed by atoms with Gasteiger partial charge in [-0.25, -0.2) is 4.79 Å². The summed E-state index contributed by atoms with van der Waals surface area (Å²) in [4.78, 5) is 27.4. The Labute approximate surface area is 209 Å². The van der Waals surface area contributed by atoms with Crippen LogP contribution in [0.3, 0.4) is 0 Å². The summed E-state index contributed by atoms with van der Waals surface area (Å²) < 4.78 is 11.8. The number of carboxylic acid groups (broad SMARTS) is 1. The molecule has 0 spiro atoms. The zero-order valence-corrected chi connectivity index (χ0v) is 20.4. The quantitative estimate of drug-likeness (QED) is 0.334. The predicted molar refractivity (Wildman–Crippen MR) is 135 cm³/mol. The van der Waals surface area contributed by atoms with Crippen LogP contribution in [0.25, 0.3) is 11.0 Å². The maximum absolute atomic E-state index is 12.1. The van der Waals surface area contributed by atoms with Gasteiger partial charge in [0.05, 0.1) is 12.5 Å². The molecule has 0 bridgehead atoms. The van der Waals surface area contributed by atoms with Crippen LogP contribution in [-0.2, 0) is 11.2 Å². The number of amidine groups is 1. The summed E-state index contributed by atoms with van der Waals surface area (Å²) in [6.07, 6.45) is 0.834. The van der Waals surface area contributed by atoms with E-state index in [2.05, 4.69) is 0 Å². The molecule has 0 radical (unpaired) electrons. The minimum absolute atomic E-state index is 0. The number of benzene rings is 2. The van der Waals surface area contributed by atoms with Crippen LogP contribution in [0.4, 0.5) is 4.79 Å². The normalized spacial score (nSPS) is 15.9. The van der Waals surface area contributed by atoms with Crippen molar-refractivity contribution >= 4 is 41.2 Å². The second-order valence-electron chi connectivity index (χ2n) is 8.69. The van der Waals surface area contributed by atoms with Gasteiger partial charge >= 0.3 is 12.0 Å². The number of furan rings is 1. The number of carbonyl (C=O) groups excluding carboxylic acids is 1. The number of hydrogen-bond acceptors (Lipinski definition) is 5. The minimum Gasteiger partial charge on any atom is -0.489 e. The number of aliphatic carboxylic acids is 1. The van der Waals surface area contributed by atoms with Crippen molar-refractivity contribution in [3.05, 3.63) is 65.4 Å². The standard InChI is InChI=1S/C25H28N4O5.ClH/c1-28(2)25(32)29-10-9-19(14-29)33-18-6-3-15(4-7-18)21(24(30)31)13-20-12-17-11-16(23(26)27)5-8-22(17)34-20;/h3-8,11-12,19,21H,9-10,13-14H2,1-2H3,(H3,26,27)(H,30,31);1H/t19-,21?;/m0./s1. The van der Waals surface area contributed by atoms with Crippen molar-refractivity contribution in [1.82, 2.24) is 9.80 Å². The maximum Gasteiger partial charge on any atom is 0.319 e. The monoisotopic (exact) mass is 500 g/mol. The summed E-state index contributed by atoms with van der Waals surface area (Å²) in [7, 11) is 3.45. The van der Waals surface area contributed by atoms with Crippen LogP contribution in [0.5, 0.6) is 5.75 Å². The van der Waals surface area contributed by atoms with Crippen molar-refractivity contribution < 1.29 is 23.8 Å². The molecule has 4 N–H and O–H groups in total. The van der Waals surface area contributed by atoms with Gasteiger partial charge in [-0.05, 0) is 42.0 Å². The van der Waals surface area contributed by atoms with E-state index in [1.165, 1.54) is 0 Å². The molecule has 1 aromatic heterocycles. The van der Waals surface area contributed by atoms with Crippen LogP contribution in [0.15, 0.2) is 52.9 Å². The Balaban J connectivity index is 0.00000342. The highest BCUT2D eigenvalue weighted by molar-refractivity contribution is 5.98. The lowest BCUT2D eigenvalue weighted by Crippen LogP contribution is -2.38. The average molecular weight is 501 g/mol. The average Bonchev–Trinajstić information content (AvgIpc) is 3.43. The van der Waals surface area contributed by atoms with Gasteiger partial charge in [0.2, 0.25) is 0 Å². The van der Waals surface area contributed by atoms with Gasteiger partial charge in [0.25, 0.3) is 0 Å². The Morgan fingerprint density at radius 1 is 1.23 bits per heavy atom. The van der Waals surface area contributed by atoms with E-state index < -0.39 is 11.9 Å². The summed E-state index contributed by atoms with van der Waals surface area (Å²) >= 11 is 0. The first-order valence-corrected chi connectivity index (χ1v) is 11.0.